The molecule has 3 N–H and O–H groups in total. The van der Waals surface area contributed by atoms with Crippen LogP contribution in [0.1, 0.15) is 28.5 Å². The van der Waals surface area contributed by atoms with Crippen LogP contribution in [0.4, 0.5) is 22.9 Å². The van der Waals surface area contributed by atoms with E-state index in [-0.39, 0.29) is 17.5 Å². The summed E-state index contributed by atoms with van der Waals surface area (Å²) < 4.78 is 0. The van der Waals surface area contributed by atoms with E-state index in [9.17, 15) is 9.59 Å². The highest BCUT2D eigenvalue weighted by atomic mass is 16.2. The van der Waals surface area contributed by atoms with Gasteiger partial charge in [-0.1, -0.05) is 17.7 Å². The molecule has 7 nitrogen and oxygen atoms in total. The third kappa shape index (κ3) is 4.91. The van der Waals surface area contributed by atoms with Crippen molar-refractivity contribution in [1.82, 2.24) is 9.97 Å². The molecule has 142 valence electrons. The number of benzene rings is 2. The van der Waals surface area contributed by atoms with E-state index in [1.807, 2.05) is 44.2 Å². The first kappa shape index (κ1) is 19.0. The summed E-state index contributed by atoms with van der Waals surface area (Å²) in [6.07, 6.45) is 2.92. The van der Waals surface area contributed by atoms with E-state index in [1.165, 1.54) is 19.3 Å². The van der Waals surface area contributed by atoms with Crippen molar-refractivity contribution >= 4 is 34.7 Å². The Hall–Kier alpha value is -3.74. The second kappa shape index (κ2) is 8.30. The normalized spacial score (nSPS) is 10.2. The number of hydrogen-bond acceptors (Lipinski definition) is 5. The number of amides is 2. The van der Waals surface area contributed by atoms with Crippen LogP contribution in [0.15, 0.2) is 54.9 Å². The van der Waals surface area contributed by atoms with E-state index >= 15 is 0 Å². The van der Waals surface area contributed by atoms with Crippen LogP contribution in [0.2, 0.25) is 0 Å². The van der Waals surface area contributed by atoms with Gasteiger partial charge in [-0.3, -0.25) is 9.59 Å². The Morgan fingerprint density at radius 2 is 1.57 bits per heavy atom. The predicted octanol–water partition coefficient (Wildman–Crippen LogP) is 4.05. The van der Waals surface area contributed by atoms with E-state index in [1.54, 1.807) is 12.1 Å². The van der Waals surface area contributed by atoms with Crippen LogP contribution in [0.5, 0.6) is 0 Å². The number of carbonyl (C=O) groups excluding carboxylic acids is 2. The first-order chi connectivity index (χ1) is 13.4. The molecule has 2 aromatic carbocycles. The summed E-state index contributed by atoms with van der Waals surface area (Å²) in [6, 6.07) is 13.0. The van der Waals surface area contributed by atoms with Crippen LogP contribution in [0.3, 0.4) is 0 Å². The van der Waals surface area contributed by atoms with Gasteiger partial charge in [0.25, 0.3) is 5.91 Å². The van der Waals surface area contributed by atoms with Crippen molar-refractivity contribution in [3.8, 4) is 0 Å². The second-order valence-electron chi connectivity index (χ2n) is 6.44. The molecule has 0 radical (unpaired) electrons. The monoisotopic (exact) mass is 375 g/mol. The standard InChI is InChI=1S/C21H21N5O2/c1-13-4-9-18(14(2)10-13)26-21(28)19-11-23-20(12-22-19)25-17-7-5-16(6-8-17)24-15(3)27/h4-12H,1-3H3,(H,23,25)(H,24,27)(H,26,28). The molecule has 3 aromatic rings. The van der Waals surface area contributed by atoms with Gasteiger partial charge in [0.1, 0.15) is 11.5 Å². The molecule has 0 aliphatic heterocycles. The average Bonchev–Trinajstić information content (AvgIpc) is 2.66. The molecule has 3 rings (SSSR count). The summed E-state index contributed by atoms with van der Waals surface area (Å²) >= 11 is 0. The molecule has 0 saturated carbocycles. The lowest BCUT2D eigenvalue weighted by Crippen LogP contribution is -2.15. The topological polar surface area (TPSA) is 96.0 Å². The van der Waals surface area contributed by atoms with Gasteiger partial charge in [-0.05, 0) is 49.7 Å². The third-order valence-electron chi connectivity index (χ3n) is 3.99. The van der Waals surface area contributed by atoms with E-state index in [4.69, 9.17) is 0 Å². The van der Waals surface area contributed by atoms with Crippen molar-refractivity contribution in [2.75, 3.05) is 16.0 Å². The molecule has 0 aliphatic carbocycles. The summed E-state index contributed by atoms with van der Waals surface area (Å²) in [4.78, 5) is 31.8. The summed E-state index contributed by atoms with van der Waals surface area (Å²) in [5.74, 6) is 0.0716. The van der Waals surface area contributed by atoms with Gasteiger partial charge in [0, 0.05) is 24.0 Å². The Bertz CT molecular complexity index is 998. The lowest BCUT2D eigenvalue weighted by Gasteiger charge is -2.10. The Morgan fingerprint density at radius 1 is 0.857 bits per heavy atom. The van der Waals surface area contributed by atoms with Crippen molar-refractivity contribution in [1.29, 1.82) is 0 Å². The molecule has 7 heteroatoms. The molecule has 0 saturated heterocycles. The molecule has 0 spiro atoms. The molecule has 2 amide bonds. The zero-order valence-electron chi connectivity index (χ0n) is 15.9. The number of aryl methyl sites for hydroxylation is 2. The fraction of sp³-hybridized carbons (Fsp3) is 0.143. The summed E-state index contributed by atoms with van der Waals surface area (Å²) in [6.45, 7) is 5.40. The number of aromatic nitrogens is 2. The van der Waals surface area contributed by atoms with Gasteiger partial charge in [-0.2, -0.15) is 0 Å². The van der Waals surface area contributed by atoms with Crippen LogP contribution < -0.4 is 16.0 Å². The van der Waals surface area contributed by atoms with Crippen LogP contribution in [0.25, 0.3) is 0 Å². The second-order valence-corrected chi connectivity index (χ2v) is 6.44. The summed E-state index contributed by atoms with van der Waals surface area (Å²) in [7, 11) is 0. The quantitative estimate of drug-likeness (QED) is 0.625. The molecular formula is C21H21N5O2. The average molecular weight is 375 g/mol. The highest BCUT2D eigenvalue weighted by molar-refractivity contribution is 6.03. The highest BCUT2D eigenvalue weighted by Crippen LogP contribution is 2.18. The lowest BCUT2D eigenvalue weighted by molar-refractivity contribution is -0.114. The number of rotatable bonds is 5. The molecule has 0 unspecified atom stereocenters. The minimum absolute atomic E-state index is 0.124. The van der Waals surface area contributed by atoms with E-state index in [2.05, 4.69) is 25.9 Å². The minimum Gasteiger partial charge on any atom is -0.339 e. The summed E-state index contributed by atoms with van der Waals surface area (Å²) in [5, 5.41) is 8.65. The lowest BCUT2D eigenvalue weighted by atomic mass is 10.1. The molecule has 0 atom stereocenters. The smallest absolute Gasteiger partial charge is 0.275 e. The largest absolute Gasteiger partial charge is 0.339 e. The third-order valence-corrected chi connectivity index (χ3v) is 3.99. The Kier molecular flexibility index (Phi) is 5.64. The molecule has 0 aliphatic rings. The van der Waals surface area contributed by atoms with Crippen molar-refractivity contribution in [2.45, 2.75) is 20.8 Å². The van der Waals surface area contributed by atoms with Crippen LogP contribution in [-0.4, -0.2) is 21.8 Å². The molecule has 1 aromatic heterocycles. The number of nitrogens with zero attached hydrogens (tertiary/aromatic N) is 2. The molecule has 28 heavy (non-hydrogen) atoms. The number of carbonyl (C=O) groups is 2. The van der Waals surface area contributed by atoms with Crippen LogP contribution in [0, 0.1) is 13.8 Å². The maximum absolute atomic E-state index is 12.4. The van der Waals surface area contributed by atoms with Crippen molar-refractivity contribution < 1.29 is 9.59 Å². The SMILES string of the molecule is CC(=O)Nc1ccc(Nc2cnc(C(=O)Nc3ccc(C)cc3C)cn2)cc1. The van der Waals surface area contributed by atoms with Crippen molar-refractivity contribution in [3.05, 3.63) is 71.7 Å². The van der Waals surface area contributed by atoms with E-state index in [0.717, 1.165) is 22.5 Å². The molecular weight excluding hydrogens is 354 g/mol. The van der Waals surface area contributed by atoms with Gasteiger partial charge < -0.3 is 16.0 Å². The minimum atomic E-state index is -0.314. The van der Waals surface area contributed by atoms with Crippen molar-refractivity contribution in [2.24, 2.45) is 0 Å². The maximum Gasteiger partial charge on any atom is 0.275 e. The molecule has 0 fully saturated rings. The zero-order valence-corrected chi connectivity index (χ0v) is 15.9. The fourth-order valence-electron chi connectivity index (χ4n) is 2.64. The van der Waals surface area contributed by atoms with Crippen molar-refractivity contribution in [3.63, 3.8) is 0 Å². The first-order valence-corrected chi connectivity index (χ1v) is 8.76. The number of hydrogen-bond donors (Lipinski definition) is 3. The summed E-state index contributed by atoms with van der Waals surface area (Å²) in [5.41, 5.74) is 4.60. The fourth-order valence-corrected chi connectivity index (χ4v) is 2.64. The van der Waals surface area contributed by atoms with Crippen LogP contribution in [-0.2, 0) is 4.79 Å². The molecule has 0 bridgehead atoms. The predicted molar refractivity (Wildman–Crippen MR) is 110 cm³/mol. The van der Waals surface area contributed by atoms with Gasteiger partial charge >= 0.3 is 0 Å². The number of anilines is 4. The Balaban J connectivity index is 1.64. The Labute approximate surface area is 163 Å². The maximum atomic E-state index is 12.4. The van der Waals surface area contributed by atoms with E-state index < -0.39 is 0 Å². The van der Waals surface area contributed by atoms with Gasteiger partial charge in [-0.25, -0.2) is 9.97 Å². The zero-order chi connectivity index (χ0) is 20.1. The first-order valence-electron chi connectivity index (χ1n) is 8.76. The van der Waals surface area contributed by atoms with Gasteiger partial charge in [0.15, 0.2) is 0 Å². The molecule has 1 heterocycles. The van der Waals surface area contributed by atoms with Gasteiger partial charge in [-0.15, -0.1) is 0 Å². The van der Waals surface area contributed by atoms with Gasteiger partial charge in [0.2, 0.25) is 5.91 Å². The van der Waals surface area contributed by atoms with Gasteiger partial charge in [0.05, 0.1) is 12.4 Å². The highest BCUT2D eigenvalue weighted by Gasteiger charge is 2.10. The van der Waals surface area contributed by atoms with Crippen LogP contribution >= 0.6 is 0 Å². The van der Waals surface area contributed by atoms with E-state index in [0.29, 0.717) is 11.5 Å². The Morgan fingerprint density at radius 3 is 2.18 bits per heavy atom. The number of nitrogens with one attached hydrogen (secondary N) is 3.